The van der Waals surface area contributed by atoms with Crippen molar-refractivity contribution in [3.05, 3.63) is 63.7 Å². The van der Waals surface area contributed by atoms with Crippen LogP contribution in [0.15, 0.2) is 35.3 Å². The van der Waals surface area contributed by atoms with Crippen molar-refractivity contribution in [1.82, 2.24) is 14.5 Å². The summed E-state index contributed by atoms with van der Waals surface area (Å²) in [5, 5.41) is 11.7. The van der Waals surface area contributed by atoms with E-state index in [1.165, 1.54) is 5.56 Å². The van der Waals surface area contributed by atoms with E-state index in [1.807, 2.05) is 41.2 Å². The van der Waals surface area contributed by atoms with Gasteiger partial charge in [0.2, 0.25) is 5.62 Å². The number of ether oxygens (including phenoxy) is 2. The lowest BCUT2D eigenvalue weighted by Gasteiger charge is -2.25. The molecule has 184 valence electrons. The highest BCUT2D eigenvalue weighted by Crippen LogP contribution is 2.37. The Kier molecular flexibility index (Phi) is 6.68. The van der Waals surface area contributed by atoms with E-state index in [2.05, 4.69) is 24.4 Å². The monoisotopic (exact) mass is 476 g/mol. The molecule has 2 heterocycles. The Morgan fingerprint density at radius 1 is 1.09 bits per heavy atom. The molecule has 0 saturated carbocycles. The summed E-state index contributed by atoms with van der Waals surface area (Å²) in [6.07, 6.45) is 0.755. The third-order valence-corrected chi connectivity index (χ3v) is 6.33. The van der Waals surface area contributed by atoms with Crippen LogP contribution in [-0.4, -0.2) is 35.9 Å². The largest absolute Gasteiger partial charge is 0.493 e. The van der Waals surface area contributed by atoms with Gasteiger partial charge in [-0.3, -0.25) is 9.98 Å². The molecule has 0 atom stereocenters. The summed E-state index contributed by atoms with van der Waals surface area (Å²) in [6.45, 7) is 7.45. The first-order chi connectivity index (χ1) is 16.7. The topological polar surface area (TPSA) is 120 Å². The number of aryl methyl sites for hydroxylation is 4. The van der Waals surface area contributed by atoms with E-state index in [-0.39, 0.29) is 0 Å². The number of carbonyl (C=O) groups is 1. The van der Waals surface area contributed by atoms with Crippen LogP contribution in [0.5, 0.6) is 11.5 Å². The van der Waals surface area contributed by atoms with Crippen molar-refractivity contribution in [3.8, 4) is 22.8 Å². The number of hydrogen-bond donors (Lipinski definition) is 3. The number of urea groups is 1. The Hall–Kier alpha value is -4.01. The normalized spacial score (nSPS) is 12.7. The van der Waals surface area contributed by atoms with Gasteiger partial charge in [0.05, 0.1) is 25.6 Å². The number of carbonyl (C=O) groups excluding carboxylic acids is 1. The van der Waals surface area contributed by atoms with E-state index in [4.69, 9.17) is 25.6 Å². The molecule has 1 aliphatic heterocycles. The van der Waals surface area contributed by atoms with Crippen molar-refractivity contribution in [2.24, 2.45) is 10.7 Å². The van der Waals surface area contributed by atoms with Crippen LogP contribution in [0, 0.1) is 26.2 Å². The number of nitrogens with zero attached hydrogens (tertiary/aromatic N) is 3. The average Bonchev–Trinajstić information content (AvgIpc) is 2.81. The molecule has 9 heteroatoms. The molecule has 2 amide bonds. The van der Waals surface area contributed by atoms with Crippen molar-refractivity contribution < 1.29 is 14.3 Å². The second kappa shape index (κ2) is 9.69. The molecule has 0 unspecified atom stereocenters. The fraction of sp³-hybridized carbons (Fsp3) is 0.346. The lowest BCUT2D eigenvalue weighted by Crippen LogP contribution is -2.44. The standard InChI is InChI=1S/C26H32N6O3/c1-15-10-16(2)24(17(3)11-15)30-23-14-20-19-13-22(35-5)21(34-4)12-18(19)6-8-31(20)26(28)32(23)9-7-29-25(27)33/h10-14,28H,6-9H2,1-5H3,(H3,27,29,33). The molecule has 1 aromatic heterocycles. The molecule has 1 aliphatic rings. The van der Waals surface area contributed by atoms with Crippen molar-refractivity contribution in [1.29, 1.82) is 5.41 Å². The molecule has 4 rings (SSSR count). The van der Waals surface area contributed by atoms with Crippen LogP contribution in [0.4, 0.5) is 10.5 Å². The molecule has 0 saturated heterocycles. The summed E-state index contributed by atoms with van der Waals surface area (Å²) >= 11 is 0. The van der Waals surface area contributed by atoms with Crippen molar-refractivity contribution >= 4 is 11.7 Å². The lowest BCUT2D eigenvalue weighted by molar-refractivity contribution is 0.248. The zero-order valence-corrected chi connectivity index (χ0v) is 20.9. The first-order valence-electron chi connectivity index (χ1n) is 11.5. The number of rotatable bonds is 6. The van der Waals surface area contributed by atoms with Gasteiger partial charge in [-0.05, 0) is 56.0 Å². The van der Waals surface area contributed by atoms with Gasteiger partial charge in [-0.1, -0.05) is 17.7 Å². The molecule has 0 fully saturated rings. The third-order valence-electron chi connectivity index (χ3n) is 6.33. The summed E-state index contributed by atoms with van der Waals surface area (Å²) < 4.78 is 14.8. The molecule has 0 aliphatic carbocycles. The molecule has 0 bridgehead atoms. The number of nitrogens with one attached hydrogen (secondary N) is 2. The van der Waals surface area contributed by atoms with Crippen LogP contribution >= 0.6 is 0 Å². The molecule has 3 aromatic rings. The smallest absolute Gasteiger partial charge is 0.312 e. The van der Waals surface area contributed by atoms with Crippen LogP contribution in [-0.2, 0) is 19.5 Å². The minimum atomic E-state index is -0.596. The SMILES string of the molecule is COc1cc2c(cc1OC)-c1cc(=Nc3c(C)cc(C)cc3C)n(CCNC(N)=O)c(=N)n1CC2. The van der Waals surface area contributed by atoms with E-state index >= 15 is 0 Å². The van der Waals surface area contributed by atoms with Crippen molar-refractivity contribution in [3.63, 3.8) is 0 Å². The minimum Gasteiger partial charge on any atom is -0.493 e. The first kappa shape index (κ1) is 24.1. The number of hydrogen-bond acceptors (Lipinski definition) is 5. The summed E-state index contributed by atoms with van der Waals surface area (Å²) in [6, 6.07) is 9.58. The quantitative estimate of drug-likeness (QED) is 0.507. The highest BCUT2D eigenvalue weighted by atomic mass is 16.5. The van der Waals surface area contributed by atoms with E-state index in [0.29, 0.717) is 42.2 Å². The summed E-state index contributed by atoms with van der Waals surface area (Å²) in [5.41, 5.74) is 13.4. The Bertz CT molecular complexity index is 1410. The molecule has 0 spiro atoms. The zero-order chi connectivity index (χ0) is 25.3. The van der Waals surface area contributed by atoms with E-state index in [0.717, 1.165) is 40.1 Å². The number of amides is 2. The lowest BCUT2D eigenvalue weighted by atomic mass is 9.97. The Labute approximate surface area is 204 Å². The van der Waals surface area contributed by atoms with Crippen molar-refractivity contribution in [2.45, 2.75) is 40.3 Å². The van der Waals surface area contributed by atoms with Gasteiger partial charge < -0.3 is 25.1 Å². The third kappa shape index (κ3) is 4.66. The van der Waals surface area contributed by atoms with Gasteiger partial charge in [0.25, 0.3) is 0 Å². The van der Waals surface area contributed by atoms with Crippen LogP contribution in [0.3, 0.4) is 0 Å². The number of methoxy groups -OCH3 is 2. The van der Waals surface area contributed by atoms with E-state index in [9.17, 15) is 4.79 Å². The van der Waals surface area contributed by atoms with Crippen molar-refractivity contribution in [2.75, 3.05) is 20.8 Å². The van der Waals surface area contributed by atoms with Gasteiger partial charge >= 0.3 is 6.03 Å². The van der Waals surface area contributed by atoms with Gasteiger partial charge in [-0.25, -0.2) is 9.79 Å². The summed E-state index contributed by atoms with van der Waals surface area (Å²) in [4.78, 5) is 16.3. The fourth-order valence-corrected chi connectivity index (χ4v) is 4.76. The fourth-order valence-electron chi connectivity index (χ4n) is 4.76. The van der Waals surface area contributed by atoms with E-state index < -0.39 is 6.03 Å². The number of fused-ring (bicyclic) bond motifs is 3. The highest BCUT2D eigenvalue weighted by molar-refractivity contribution is 5.71. The molecule has 0 radical (unpaired) electrons. The van der Waals surface area contributed by atoms with Gasteiger partial charge in [0, 0.05) is 31.3 Å². The molecule has 35 heavy (non-hydrogen) atoms. The number of nitrogens with two attached hydrogens (primary N) is 1. The number of primary amides is 1. The van der Waals surface area contributed by atoms with Crippen LogP contribution in [0.1, 0.15) is 22.3 Å². The average molecular weight is 477 g/mol. The predicted octanol–water partition coefficient (Wildman–Crippen LogP) is 2.84. The van der Waals surface area contributed by atoms with Crippen LogP contribution in [0.25, 0.3) is 11.3 Å². The maximum atomic E-state index is 11.3. The van der Waals surface area contributed by atoms with E-state index in [1.54, 1.807) is 14.2 Å². The van der Waals surface area contributed by atoms with Gasteiger partial charge in [-0.15, -0.1) is 0 Å². The highest BCUT2D eigenvalue weighted by Gasteiger charge is 2.21. The Balaban J connectivity index is 1.98. The Morgan fingerprint density at radius 2 is 1.74 bits per heavy atom. The molecule has 4 N–H and O–H groups in total. The first-order valence-corrected chi connectivity index (χ1v) is 11.5. The maximum Gasteiger partial charge on any atom is 0.312 e. The second-order valence-electron chi connectivity index (χ2n) is 8.78. The zero-order valence-electron chi connectivity index (χ0n) is 20.9. The molecule has 9 nitrogen and oxygen atoms in total. The summed E-state index contributed by atoms with van der Waals surface area (Å²) in [7, 11) is 3.25. The van der Waals surface area contributed by atoms with Gasteiger partial charge in [0.15, 0.2) is 11.5 Å². The maximum absolute atomic E-state index is 11.3. The molecular formula is C26H32N6O3. The van der Waals surface area contributed by atoms with Gasteiger partial charge in [-0.2, -0.15) is 0 Å². The summed E-state index contributed by atoms with van der Waals surface area (Å²) in [5.74, 6) is 1.32. The van der Waals surface area contributed by atoms with Crippen LogP contribution < -0.4 is 31.6 Å². The predicted molar refractivity (Wildman–Crippen MR) is 134 cm³/mol. The minimum absolute atomic E-state index is 0.293. The second-order valence-corrected chi connectivity index (χ2v) is 8.78. The number of aromatic nitrogens is 2. The number of benzene rings is 2. The molecule has 2 aromatic carbocycles. The Morgan fingerprint density at radius 3 is 2.37 bits per heavy atom. The van der Waals surface area contributed by atoms with Crippen LogP contribution in [0.2, 0.25) is 0 Å². The van der Waals surface area contributed by atoms with Gasteiger partial charge in [0.1, 0.15) is 5.49 Å². The molecular weight excluding hydrogens is 444 g/mol.